The zero-order chi connectivity index (χ0) is 36.9. The van der Waals surface area contributed by atoms with Gasteiger partial charge >= 0.3 is 0 Å². The van der Waals surface area contributed by atoms with Crippen LogP contribution >= 0.6 is 0 Å². The SMILES string of the molecule is CCN1/C(=C\C=C\C2=[N+](CCCCCC(=O)NCCCCCCN)c3ccc(S(=O)(=O)O)cc3C2(C)C)C(C)(C)c2cc(S(=O)(=O)O)ccc21. The van der Waals surface area contributed by atoms with Gasteiger partial charge in [0.05, 0.1) is 15.2 Å². The molecule has 2 aliphatic rings. The van der Waals surface area contributed by atoms with Crippen molar-refractivity contribution in [3.05, 3.63) is 71.5 Å². The van der Waals surface area contributed by atoms with Crippen molar-refractivity contribution in [2.24, 2.45) is 5.73 Å². The number of allylic oxidation sites excluding steroid dienone is 4. The molecule has 2 heterocycles. The highest BCUT2D eigenvalue weighted by molar-refractivity contribution is 7.86. The van der Waals surface area contributed by atoms with Crippen LogP contribution in [0.2, 0.25) is 0 Å². The molecule has 1 amide bonds. The molecule has 0 atom stereocenters. The van der Waals surface area contributed by atoms with E-state index in [9.17, 15) is 30.7 Å². The van der Waals surface area contributed by atoms with Gasteiger partial charge in [0.25, 0.3) is 20.2 Å². The van der Waals surface area contributed by atoms with E-state index in [4.69, 9.17) is 5.73 Å². The van der Waals surface area contributed by atoms with Crippen LogP contribution in [0.25, 0.3) is 0 Å². The van der Waals surface area contributed by atoms with Gasteiger partial charge in [-0.25, -0.2) is 0 Å². The minimum absolute atomic E-state index is 0.0600. The van der Waals surface area contributed by atoms with Crippen LogP contribution in [0.3, 0.4) is 0 Å². The van der Waals surface area contributed by atoms with Crippen molar-refractivity contribution in [2.75, 3.05) is 31.1 Å². The zero-order valence-corrected chi connectivity index (χ0v) is 31.5. The molecular weight excluding hydrogens is 677 g/mol. The third-order valence-corrected chi connectivity index (χ3v) is 11.6. The van der Waals surface area contributed by atoms with Gasteiger partial charge in [-0.2, -0.15) is 21.4 Å². The predicted molar refractivity (Wildman–Crippen MR) is 198 cm³/mol. The highest BCUT2D eigenvalue weighted by Gasteiger charge is 2.45. The number of hydrogen-bond donors (Lipinski definition) is 4. The number of fused-ring (bicyclic) bond motifs is 2. The topological polar surface area (TPSA) is 170 Å². The number of carbonyl (C=O) groups excluding carboxylic acids is 1. The Hall–Kier alpha value is -3.36. The van der Waals surface area contributed by atoms with Crippen molar-refractivity contribution in [2.45, 2.75) is 107 Å². The second-order valence-corrected chi connectivity index (χ2v) is 17.0. The molecule has 0 aromatic heterocycles. The quantitative estimate of drug-likeness (QED) is 0.0865. The maximum Gasteiger partial charge on any atom is 0.294 e. The molecule has 0 spiro atoms. The van der Waals surface area contributed by atoms with E-state index in [1.807, 2.05) is 52.8 Å². The van der Waals surface area contributed by atoms with Crippen LogP contribution in [0.4, 0.5) is 11.4 Å². The Morgan fingerprint density at radius 1 is 0.860 bits per heavy atom. The summed E-state index contributed by atoms with van der Waals surface area (Å²) in [6.07, 6.45) is 13.0. The van der Waals surface area contributed by atoms with Crippen LogP contribution in [0.1, 0.15) is 97.1 Å². The molecule has 0 fully saturated rings. The monoisotopic (exact) mass is 729 g/mol. The maximum absolute atomic E-state index is 12.3. The number of anilines is 1. The number of nitrogens with zero attached hydrogens (tertiary/aromatic N) is 2. The van der Waals surface area contributed by atoms with Gasteiger partial charge in [0, 0.05) is 60.4 Å². The lowest BCUT2D eigenvalue weighted by Crippen LogP contribution is -2.28. The molecule has 4 rings (SSSR count). The standard InChI is InChI=1S/C37H52N4O7S2/c1-6-40-31-20-18-27(49(43,44)45)25-29(31)36(2,3)33(40)15-14-16-34-37(4,5)30-26-28(50(46,47)48)19-21-32(30)41(34)24-13-9-10-17-35(42)39-23-12-8-7-11-22-38/h14-16,18-21,25-26H,6-13,17,22-24,38H2,1-5H3,(H2-,39,42,43,44,45,46,47,48)/p+1. The number of benzene rings is 2. The summed E-state index contributed by atoms with van der Waals surface area (Å²) >= 11 is 0. The number of unbranched alkanes of at least 4 members (excludes halogenated alkanes) is 5. The molecule has 0 saturated heterocycles. The van der Waals surface area contributed by atoms with Crippen molar-refractivity contribution in [3.63, 3.8) is 0 Å². The Bertz CT molecular complexity index is 1900. The van der Waals surface area contributed by atoms with E-state index in [-0.39, 0.29) is 15.7 Å². The molecule has 50 heavy (non-hydrogen) atoms. The highest BCUT2D eigenvalue weighted by Crippen LogP contribution is 2.48. The number of nitrogens with two attached hydrogens (primary N) is 1. The summed E-state index contributed by atoms with van der Waals surface area (Å²) in [7, 11) is -8.76. The van der Waals surface area contributed by atoms with Crippen LogP contribution in [0.15, 0.2) is 70.1 Å². The fourth-order valence-corrected chi connectivity index (χ4v) is 8.13. The third-order valence-electron chi connectivity index (χ3n) is 9.89. The second kappa shape index (κ2) is 15.9. The first-order chi connectivity index (χ1) is 23.4. The normalized spacial score (nSPS) is 17.5. The van der Waals surface area contributed by atoms with Gasteiger partial charge < -0.3 is 16.0 Å². The van der Waals surface area contributed by atoms with Crippen molar-refractivity contribution in [3.8, 4) is 0 Å². The summed E-state index contributed by atoms with van der Waals surface area (Å²) in [4.78, 5) is 14.2. The van der Waals surface area contributed by atoms with Crippen LogP contribution in [0.5, 0.6) is 0 Å². The fraction of sp³-hybridized carbons (Fsp3) is 0.514. The molecule has 5 N–H and O–H groups in total. The molecule has 0 aliphatic carbocycles. The van der Waals surface area contributed by atoms with Crippen LogP contribution in [-0.2, 0) is 35.9 Å². The van der Waals surface area contributed by atoms with Gasteiger partial charge in [-0.05, 0) is 95.0 Å². The van der Waals surface area contributed by atoms with Gasteiger partial charge in [-0.3, -0.25) is 13.9 Å². The van der Waals surface area contributed by atoms with E-state index in [0.717, 1.165) is 78.9 Å². The van der Waals surface area contributed by atoms with Crippen molar-refractivity contribution in [1.82, 2.24) is 5.32 Å². The molecule has 274 valence electrons. The maximum atomic E-state index is 12.3. The summed E-state index contributed by atoms with van der Waals surface area (Å²) < 4.78 is 69.6. The van der Waals surface area contributed by atoms with Crippen molar-refractivity contribution in [1.29, 1.82) is 0 Å². The Morgan fingerprint density at radius 2 is 1.48 bits per heavy atom. The van der Waals surface area contributed by atoms with Crippen LogP contribution in [0, 0.1) is 0 Å². The average molecular weight is 730 g/mol. The van der Waals surface area contributed by atoms with Gasteiger partial charge in [0.2, 0.25) is 11.6 Å². The minimum atomic E-state index is -4.40. The summed E-state index contributed by atoms with van der Waals surface area (Å²) in [6.45, 7) is 12.8. The second-order valence-electron chi connectivity index (χ2n) is 14.1. The number of nitrogens with one attached hydrogen (secondary N) is 1. The van der Waals surface area contributed by atoms with Crippen LogP contribution < -0.4 is 16.0 Å². The van der Waals surface area contributed by atoms with Gasteiger partial charge in [0.15, 0.2) is 5.71 Å². The summed E-state index contributed by atoms with van der Waals surface area (Å²) in [5.41, 5.74) is 9.61. The molecule has 0 bridgehead atoms. The Balaban J connectivity index is 1.57. The van der Waals surface area contributed by atoms with E-state index >= 15 is 0 Å². The Morgan fingerprint density at radius 3 is 2.12 bits per heavy atom. The summed E-state index contributed by atoms with van der Waals surface area (Å²) in [5, 5.41) is 3.00. The van der Waals surface area contributed by atoms with E-state index in [1.165, 1.54) is 18.2 Å². The molecule has 2 aliphatic heterocycles. The molecule has 2 aromatic rings. The molecular formula is C37H53N4O7S2+. The van der Waals surface area contributed by atoms with Gasteiger partial charge in [-0.15, -0.1) is 0 Å². The first kappa shape index (κ1) is 39.4. The third kappa shape index (κ3) is 8.74. The average Bonchev–Trinajstić information content (AvgIpc) is 3.39. The van der Waals surface area contributed by atoms with E-state index in [1.54, 1.807) is 18.2 Å². The lowest BCUT2D eigenvalue weighted by molar-refractivity contribution is -0.438. The molecule has 0 saturated carbocycles. The van der Waals surface area contributed by atoms with Crippen LogP contribution in [-0.4, -0.2) is 68.3 Å². The van der Waals surface area contributed by atoms with E-state index < -0.39 is 31.1 Å². The lowest BCUT2D eigenvalue weighted by atomic mass is 9.81. The fourth-order valence-electron chi connectivity index (χ4n) is 7.11. The molecule has 13 heteroatoms. The first-order valence-electron chi connectivity index (χ1n) is 17.5. The highest BCUT2D eigenvalue weighted by atomic mass is 32.2. The Labute approximate surface area is 297 Å². The predicted octanol–water partition coefficient (Wildman–Crippen LogP) is 6.01. The molecule has 2 aromatic carbocycles. The number of carbonyl (C=O) groups is 1. The zero-order valence-electron chi connectivity index (χ0n) is 29.9. The largest absolute Gasteiger partial charge is 0.356 e. The van der Waals surface area contributed by atoms with E-state index in [2.05, 4.69) is 14.8 Å². The molecule has 0 radical (unpaired) electrons. The lowest BCUT2D eigenvalue weighted by Gasteiger charge is -2.25. The molecule has 0 unspecified atom stereocenters. The van der Waals surface area contributed by atoms with Crippen molar-refractivity contribution >= 4 is 43.2 Å². The number of hydrogen-bond acceptors (Lipinski definition) is 7. The first-order valence-corrected chi connectivity index (χ1v) is 20.3. The smallest absolute Gasteiger partial charge is 0.294 e. The number of amides is 1. The van der Waals surface area contributed by atoms with E-state index in [0.29, 0.717) is 32.6 Å². The van der Waals surface area contributed by atoms with Crippen molar-refractivity contribution < 1.29 is 35.3 Å². The summed E-state index contributed by atoms with van der Waals surface area (Å²) in [6, 6.07) is 9.37. The number of rotatable bonds is 17. The number of likely N-dealkylation sites (N-methyl/N-ethyl adjacent to an activating group) is 1. The Kier molecular flexibility index (Phi) is 12.5. The summed E-state index contributed by atoms with van der Waals surface area (Å²) in [5.74, 6) is 0.0600. The minimum Gasteiger partial charge on any atom is -0.356 e. The van der Waals surface area contributed by atoms with Gasteiger partial charge in [-0.1, -0.05) is 32.8 Å². The molecule has 11 nitrogen and oxygen atoms in total. The van der Waals surface area contributed by atoms with Gasteiger partial charge in [0.1, 0.15) is 6.54 Å².